The third-order valence-corrected chi connectivity index (χ3v) is 12.5. The number of esters is 3. The van der Waals surface area contributed by atoms with Crippen LogP contribution in [0.4, 0.5) is 0 Å². The van der Waals surface area contributed by atoms with Crippen molar-refractivity contribution in [3.05, 3.63) is 97.2 Å². The summed E-state index contributed by atoms with van der Waals surface area (Å²) < 4.78 is 39.4. The molecule has 0 amide bonds. The van der Waals surface area contributed by atoms with Crippen LogP contribution in [0.2, 0.25) is 0 Å². The highest BCUT2D eigenvalue weighted by Gasteiger charge is 2.28. The molecule has 72 heavy (non-hydrogen) atoms. The van der Waals surface area contributed by atoms with Gasteiger partial charge in [0.15, 0.2) is 6.10 Å². The third-order valence-electron chi connectivity index (χ3n) is 11.5. The predicted octanol–water partition coefficient (Wildman–Crippen LogP) is 16.5. The second-order valence-electron chi connectivity index (χ2n) is 18.3. The zero-order chi connectivity index (χ0) is 52.7. The van der Waals surface area contributed by atoms with E-state index < -0.39 is 57.8 Å². The van der Waals surface area contributed by atoms with Gasteiger partial charge in [-0.2, -0.15) is 0 Å². The highest BCUT2D eigenvalue weighted by atomic mass is 31.2. The number of phosphoric ester groups is 1. The molecule has 0 saturated heterocycles. The zero-order valence-electron chi connectivity index (χ0n) is 45.4. The van der Waals surface area contributed by atoms with Crippen LogP contribution in [0.15, 0.2) is 97.2 Å². The van der Waals surface area contributed by atoms with Gasteiger partial charge in [-0.25, -0.2) is 4.57 Å². The highest BCUT2D eigenvalue weighted by Crippen LogP contribution is 2.43. The van der Waals surface area contributed by atoms with Gasteiger partial charge in [-0.3, -0.25) is 23.4 Å². The molecule has 11 nitrogen and oxygen atoms in total. The minimum Gasteiger partial charge on any atom is -0.462 e. The van der Waals surface area contributed by atoms with E-state index >= 15 is 0 Å². The van der Waals surface area contributed by atoms with Crippen LogP contribution in [-0.2, 0) is 42.2 Å². The van der Waals surface area contributed by atoms with Crippen LogP contribution in [0.5, 0.6) is 0 Å². The van der Waals surface area contributed by atoms with E-state index in [9.17, 15) is 28.9 Å². The fourth-order valence-corrected chi connectivity index (χ4v) is 8.09. The minimum absolute atomic E-state index is 0.0520. The zero-order valence-corrected chi connectivity index (χ0v) is 46.3. The molecule has 0 aliphatic rings. The number of unbranched alkanes of at least 4 members (excludes halogenated alkanes) is 18. The maximum atomic E-state index is 12.9. The number of carbonyl (C=O) groups is 3. The Hall–Kier alpha value is -3.60. The normalized spacial score (nSPS) is 14.1. The fraction of sp³-hybridized carbons (Fsp3) is 0.683. The number of aliphatic hydroxyl groups excluding tert-OH is 1. The molecule has 0 spiro atoms. The van der Waals surface area contributed by atoms with Gasteiger partial charge >= 0.3 is 25.7 Å². The first-order valence-corrected chi connectivity index (χ1v) is 29.6. The molecule has 0 heterocycles. The summed E-state index contributed by atoms with van der Waals surface area (Å²) in [5, 5.41) is 9.78. The molecular weight excluding hydrogens is 928 g/mol. The Morgan fingerprint density at radius 3 is 1.19 bits per heavy atom. The second-order valence-corrected chi connectivity index (χ2v) is 19.8. The number of allylic oxidation sites excluding steroid dienone is 16. The topological polar surface area (TPSA) is 155 Å². The van der Waals surface area contributed by atoms with Gasteiger partial charge in [0.25, 0.3) is 0 Å². The summed E-state index contributed by atoms with van der Waals surface area (Å²) >= 11 is 0. The van der Waals surface area contributed by atoms with E-state index in [1.807, 2.05) is 12.2 Å². The lowest BCUT2D eigenvalue weighted by atomic mass is 10.0. The molecule has 0 rings (SSSR count). The Morgan fingerprint density at radius 2 is 0.750 bits per heavy atom. The molecule has 0 aliphatic heterocycles. The van der Waals surface area contributed by atoms with Crippen LogP contribution in [0.3, 0.4) is 0 Å². The SMILES string of the molecule is CC/C=C\C/C=C\C/C=C\C/C=C\CCCCCCCCC(=O)OC(COC(=O)CCCCCCCCCCCCCCC)COP(=O)(O)OCC(CO)OC(=O)CC/C=C\C/C=C\C/C=C\C/C=C\CC. The van der Waals surface area contributed by atoms with Crippen molar-refractivity contribution in [1.82, 2.24) is 0 Å². The van der Waals surface area contributed by atoms with Crippen LogP contribution in [0, 0.1) is 0 Å². The smallest absolute Gasteiger partial charge is 0.462 e. The number of carbonyl (C=O) groups excluding carboxylic acids is 3. The fourth-order valence-electron chi connectivity index (χ4n) is 7.30. The number of rotatable bonds is 51. The lowest BCUT2D eigenvalue weighted by Gasteiger charge is -2.21. The van der Waals surface area contributed by atoms with Crippen LogP contribution < -0.4 is 0 Å². The van der Waals surface area contributed by atoms with Crippen molar-refractivity contribution in [3.8, 4) is 0 Å². The van der Waals surface area contributed by atoms with E-state index in [1.165, 1.54) is 57.8 Å². The van der Waals surface area contributed by atoms with Crippen molar-refractivity contribution in [1.29, 1.82) is 0 Å². The molecule has 0 saturated carbocycles. The van der Waals surface area contributed by atoms with Crippen LogP contribution in [0.1, 0.15) is 226 Å². The van der Waals surface area contributed by atoms with E-state index in [0.29, 0.717) is 19.3 Å². The third kappa shape index (κ3) is 51.3. The molecule has 0 bridgehead atoms. The number of hydrogen-bond acceptors (Lipinski definition) is 10. The molecule has 0 aliphatic carbocycles. The van der Waals surface area contributed by atoms with E-state index in [-0.39, 0.29) is 25.9 Å². The first kappa shape index (κ1) is 68.4. The molecule has 412 valence electrons. The Kier molecular flexibility index (Phi) is 51.0. The van der Waals surface area contributed by atoms with Crippen molar-refractivity contribution in [2.75, 3.05) is 26.4 Å². The maximum Gasteiger partial charge on any atom is 0.472 e. The summed E-state index contributed by atoms with van der Waals surface area (Å²) in [6, 6.07) is 0. The van der Waals surface area contributed by atoms with Gasteiger partial charge in [-0.1, -0.05) is 221 Å². The summed E-state index contributed by atoms with van der Waals surface area (Å²) in [6.07, 6.45) is 62.4. The van der Waals surface area contributed by atoms with Gasteiger partial charge in [-0.15, -0.1) is 0 Å². The lowest BCUT2D eigenvalue weighted by Crippen LogP contribution is -2.30. The molecule has 3 unspecified atom stereocenters. The van der Waals surface area contributed by atoms with Gasteiger partial charge in [0, 0.05) is 19.3 Å². The van der Waals surface area contributed by atoms with Gasteiger partial charge < -0.3 is 24.2 Å². The molecule has 3 atom stereocenters. The van der Waals surface area contributed by atoms with Gasteiger partial charge in [0.1, 0.15) is 12.7 Å². The molecule has 0 radical (unpaired) electrons. The first-order chi connectivity index (χ1) is 35.2. The molecule has 0 aromatic rings. The molecule has 12 heteroatoms. The summed E-state index contributed by atoms with van der Waals surface area (Å²) in [6.45, 7) is 4.31. The average Bonchev–Trinajstić information content (AvgIpc) is 3.37. The number of hydrogen-bond donors (Lipinski definition) is 2. The second kappa shape index (κ2) is 53.7. The van der Waals surface area contributed by atoms with Gasteiger partial charge in [-0.05, 0) is 83.5 Å². The van der Waals surface area contributed by atoms with E-state index in [0.717, 1.165) is 109 Å². The van der Waals surface area contributed by atoms with Crippen LogP contribution >= 0.6 is 7.82 Å². The number of ether oxygens (including phenoxy) is 3. The van der Waals surface area contributed by atoms with Crippen LogP contribution in [0.25, 0.3) is 0 Å². The summed E-state index contributed by atoms with van der Waals surface area (Å²) in [5.41, 5.74) is 0. The van der Waals surface area contributed by atoms with E-state index in [2.05, 4.69) is 106 Å². The summed E-state index contributed by atoms with van der Waals surface area (Å²) in [4.78, 5) is 48.4. The van der Waals surface area contributed by atoms with Crippen molar-refractivity contribution in [3.63, 3.8) is 0 Å². The average molecular weight is 1030 g/mol. The standard InChI is InChI=1S/C60H101O11P/c1-4-7-10-13-16-19-22-25-26-27-28-29-30-33-36-39-42-45-48-51-60(64)71-57(53-67-58(62)49-46-43-40-37-34-31-23-20-17-14-11-8-5-2)55-69-72(65,66)68-54-56(52-61)70-59(63)50-47-44-41-38-35-32-24-21-18-15-12-9-6-3/h7,9-10,12,16,18-19,21,25-26,28-29,32,35,41,44,56-57,61H,4-6,8,11,13-15,17,20,22-24,27,30-31,33-34,36-40,42-43,45-55H2,1-3H3,(H,65,66)/b10-7-,12-9-,19-16-,21-18-,26-25-,29-28-,35-32-,44-41-. The highest BCUT2D eigenvalue weighted by molar-refractivity contribution is 7.47. The lowest BCUT2D eigenvalue weighted by molar-refractivity contribution is -0.161. The first-order valence-electron chi connectivity index (χ1n) is 28.1. The number of phosphoric acid groups is 1. The number of aliphatic hydroxyl groups is 1. The Balaban J connectivity index is 4.81. The molecular formula is C60H101O11P. The Bertz CT molecular complexity index is 1580. The van der Waals surface area contributed by atoms with Crippen LogP contribution in [-0.4, -0.2) is 66.5 Å². The monoisotopic (exact) mass is 1030 g/mol. The molecule has 0 fully saturated rings. The van der Waals surface area contributed by atoms with E-state index in [4.69, 9.17) is 23.3 Å². The van der Waals surface area contributed by atoms with Crippen molar-refractivity contribution in [2.45, 2.75) is 238 Å². The van der Waals surface area contributed by atoms with E-state index in [1.54, 1.807) is 0 Å². The van der Waals surface area contributed by atoms with Crippen molar-refractivity contribution >= 4 is 25.7 Å². The predicted molar refractivity (Wildman–Crippen MR) is 297 cm³/mol. The Labute approximate surface area is 438 Å². The largest absolute Gasteiger partial charge is 0.472 e. The summed E-state index contributed by atoms with van der Waals surface area (Å²) in [5.74, 6) is -1.57. The van der Waals surface area contributed by atoms with Crippen molar-refractivity contribution in [2.24, 2.45) is 0 Å². The minimum atomic E-state index is -4.77. The van der Waals surface area contributed by atoms with Gasteiger partial charge in [0.05, 0.1) is 19.8 Å². The van der Waals surface area contributed by atoms with Gasteiger partial charge in [0.2, 0.25) is 0 Å². The molecule has 2 N–H and O–H groups in total. The Morgan fingerprint density at radius 1 is 0.403 bits per heavy atom. The van der Waals surface area contributed by atoms with Crippen molar-refractivity contribution < 1.29 is 52.2 Å². The molecule has 0 aromatic heterocycles. The molecule has 0 aromatic carbocycles. The summed E-state index contributed by atoms with van der Waals surface area (Å²) in [7, 11) is -4.77. The maximum absolute atomic E-state index is 12.9. The quantitative estimate of drug-likeness (QED) is 0.0197.